The van der Waals surface area contributed by atoms with E-state index in [1.54, 1.807) is 12.1 Å². The number of nitrogens with zero attached hydrogens (tertiary/aromatic N) is 3. The number of benzene rings is 2. The van der Waals surface area contributed by atoms with E-state index in [9.17, 15) is 9.18 Å². The zero-order valence-corrected chi connectivity index (χ0v) is 18.4. The van der Waals surface area contributed by atoms with Gasteiger partial charge in [-0.15, -0.1) is 0 Å². The van der Waals surface area contributed by atoms with E-state index in [1.165, 1.54) is 17.7 Å². The first-order valence-electron chi connectivity index (χ1n) is 11.1. The van der Waals surface area contributed by atoms with Gasteiger partial charge < -0.3 is 10.1 Å². The lowest BCUT2D eigenvalue weighted by Gasteiger charge is -2.20. The van der Waals surface area contributed by atoms with Gasteiger partial charge in [0.25, 0.3) is 5.91 Å². The number of carbonyl (C=O) groups is 1. The lowest BCUT2D eigenvalue weighted by atomic mass is 10.1. The maximum absolute atomic E-state index is 13.2. The quantitative estimate of drug-likeness (QED) is 0.559. The zero-order valence-electron chi connectivity index (χ0n) is 18.4. The number of rotatable bonds is 9. The fraction of sp³-hybridized carbons (Fsp3) is 0.360. The number of amides is 1. The second-order valence-electron chi connectivity index (χ2n) is 7.97. The molecule has 6 nitrogen and oxygen atoms in total. The molecule has 1 amide bonds. The molecule has 1 aliphatic heterocycles. The van der Waals surface area contributed by atoms with Gasteiger partial charge in [-0.05, 0) is 29.8 Å². The van der Waals surface area contributed by atoms with Gasteiger partial charge in [-0.1, -0.05) is 49.4 Å². The van der Waals surface area contributed by atoms with Crippen molar-refractivity contribution in [1.82, 2.24) is 20.0 Å². The maximum Gasteiger partial charge on any atom is 0.272 e. The summed E-state index contributed by atoms with van der Waals surface area (Å²) in [6.07, 6.45) is 0.706. The molecule has 0 bridgehead atoms. The third kappa shape index (κ3) is 5.41. The summed E-state index contributed by atoms with van der Waals surface area (Å²) in [6, 6.07) is 16.7. The Morgan fingerprint density at radius 3 is 2.69 bits per heavy atom. The molecule has 0 radical (unpaired) electrons. The molecule has 32 heavy (non-hydrogen) atoms. The Labute approximate surface area is 188 Å². The average Bonchev–Trinajstić information content (AvgIpc) is 3.19. The van der Waals surface area contributed by atoms with Crippen molar-refractivity contribution in [2.75, 3.05) is 26.2 Å². The Bertz CT molecular complexity index is 1030. The van der Waals surface area contributed by atoms with Crippen LogP contribution in [0.5, 0.6) is 0 Å². The fourth-order valence-electron chi connectivity index (χ4n) is 3.99. The van der Waals surface area contributed by atoms with E-state index < -0.39 is 0 Å². The first-order valence-corrected chi connectivity index (χ1v) is 11.1. The molecule has 2 heterocycles. The largest absolute Gasteiger partial charge is 0.376 e. The highest BCUT2D eigenvalue weighted by molar-refractivity contribution is 5.94. The van der Waals surface area contributed by atoms with Gasteiger partial charge in [-0.25, -0.2) is 4.39 Å². The van der Waals surface area contributed by atoms with Gasteiger partial charge in [-0.2, -0.15) is 5.10 Å². The van der Waals surface area contributed by atoms with Gasteiger partial charge >= 0.3 is 0 Å². The van der Waals surface area contributed by atoms with E-state index in [4.69, 9.17) is 4.74 Å². The van der Waals surface area contributed by atoms with E-state index in [-0.39, 0.29) is 11.7 Å². The summed E-state index contributed by atoms with van der Waals surface area (Å²) >= 11 is 0. The molecule has 2 aromatic carbocycles. The van der Waals surface area contributed by atoms with Crippen LogP contribution in [0.25, 0.3) is 0 Å². The molecule has 4 rings (SSSR count). The lowest BCUT2D eigenvalue weighted by molar-refractivity contribution is 0.0920. The number of carbonyl (C=O) groups excluding carboxylic acids is 1. The third-order valence-electron chi connectivity index (χ3n) is 5.77. The molecule has 0 saturated heterocycles. The van der Waals surface area contributed by atoms with Crippen LogP contribution in [-0.4, -0.2) is 46.8 Å². The van der Waals surface area contributed by atoms with Crippen LogP contribution in [0.15, 0.2) is 54.6 Å². The van der Waals surface area contributed by atoms with E-state index in [0.717, 1.165) is 36.5 Å². The topological polar surface area (TPSA) is 59.4 Å². The summed E-state index contributed by atoms with van der Waals surface area (Å²) in [5.74, 6) is -0.446. The smallest absolute Gasteiger partial charge is 0.272 e. The van der Waals surface area contributed by atoms with E-state index >= 15 is 0 Å². The fourth-order valence-corrected chi connectivity index (χ4v) is 3.99. The van der Waals surface area contributed by atoms with Crippen LogP contribution in [0.4, 0.5) is 4.39 Å². The summed E-state index contributed by atoms with van der Waals surface area (Å²) in [4.78, 5) is 15.2. The molecule has 1 N–H and O–H groups in total. The van der Waals surface area contributed by atoms with Gasteiger partial charge in [0.15, 0.2) is 5.69 Å². The normalized spacial score (nSPS) is 13.2. The van der Waals surface area contributed by atoms with Crippen molar-refractivity contribution in [2.24, 2.45) is 0 Å². The number of hydrogen-bond acceptors (Lipinski definition) is 4. The second kappa shape index (κ2) is 10.5. The lowest BCUT2D eigenvalue weighted by Crippen LogP contribution is -2.35. The molecule has 0 spiro atoms. The van der Waals surface area contributed by atoms with Crippen LogP contribution >= 0.6 is 0 Å². The SMILES string of the molecule is CCN(CCNC(=O)c1nn(Cc2ccc(F)cc2)c2c1COCC2)Cc1ccccc1. The number of nitrogens with one attached hydrogen (secondary N) is 1. The van der Waals surface area contributed by atoms with Crippen molar-refractivity contribution in [2.45, 2.75) is 33.0 Å². The molecule has 7 heteroatoms. The van der Waals surface area contributed by atoms with Crippen molar-refractivity contribution in [1.29, 1.82) is 0 Å². The highest BCUT2D eigenvalue weighted by atomic mass is 19.1. The van der Waals surface area contributed by atoms with Crippen LogP contribution in [0, 0.1) is 5.82 Å². The monoisotopic (exact) mass is 436 g/mol. The Kier molecular flexibility index (Phi) is 7.29. The van der Waals surface area contributed by atoms with Crippen LogP contribution in [0.1, 0.15) is 39.8 Å². The molecule has 1 aromatic heterocycles. The van der Waals surface area contributed by atoms with Crippen molar-refractivity contribution in [3.63, 3.8) is 0 Å². The molecule has 3 aromatic rings. The Morgan fingerprint density at radius 1 is 1.16 bits per heavy atom. The van der Waals surface area contributed by atoms with Gasteiger partial charge in [0.1, 0.15) is 5.82 Å². The number of hydrogen-bond donors (Lipinski definition) is 1. The molecule has 0 aliphatic carbocycles. The molecule has 168 valence electrons. The van der Waals surface area contributed by atoms with Gasteiger partial charge in [0, 0.05) is 37.3 Å². The number of ether oxygens (including phenoxy) is 1. The highest BCUT2D eigenvalue weighted by Crippen LogP contribution is 2.22. The molecule has 0 fully saturated rings. The summed E-state index contributed by atoms with van der Waals surface area (Å²) in [7, 11) is 0. The van der Waals surface area contributed by atoms with Gasteiger partial charge in [-0.3, -0.25) is 14.4 Å². The second-order valence-corrected chi connectivity index (χ2v) is 7.97. The van der Waals surface area contributed by atoms with Crippen molar-refractivity contribution in [3.8, 4) is 0 Å². The van der Waals surface area contributed by atoms with E-state index in [2.05, 4.69) is 34.4 Å². The van der Waals surface area contributed by atoms with Gasteiger partial charge in [0.05, 0.1) is 19.8 Å². The summed E-state index contributed by atoms with van der Waals surface area (Å²) in [5, 5.41) is 7.64. The van der Waals surface area contributed by atoms with Crippen LogP contribution in [0.2, 0.25) is 0 Å². The predicted molar refractivity (Wildman–Crippen MR) is 121 cm³/mol. The van der Waals surface area contributed by atoms with Crippen molar-refractivity contribution < 1.29 is 13.9 Å². The summed E-state index contributed by atoms with van der Waals surface area (Å²) < 4.78 is 20.7. The minimum atomic E-state index is -0.266. The molecular formula is C25H29FN4O2. The summed E-state index contributed by atoms with van der Waals surface area (Å²) in [6.45, 7) is 6.66. The molecule has 0 atom stereocenters. The van der Waals surface area contributed by atoms with Crippen LogP contribution in [0.3, 0.4) is 0 Å². The first kappa shape index (κ1) is 22.2. The zero-order chi connectivity index (χ0) is 22.3. The number of aromatic nitrogens is 2. The molecule has 0 unspecified atom stereocenters. The Morgan fingerprint density at radius 2 is 1.94 bits per heavy atom. The molecule has 0 saturated carbocycles. The first-order chi connectivity index (χ1) is 15.6. The standard InChI is InChI=1S/C25H29FN4O2/c1-2-29(16-19-6-4-3-5-7-19)14-13-27-25(31)24-22-18-32-15-12-23(22)30(28-24)17-20-8-10-21(26)11-9-20/h3-11H,2,12-18H2,1H3,(H,27,31). The predicted octanol–water partition coefficient (Wildman–Crippen LogP) is 3.40. The number of likely N-dealkylation sites (N-methyl/N-ethyl adjacent to an activating group) is 1. The van der Waals surface area contributed by atoms with E-state index in [0.29, 0.717) is 38.4 Å². The van der Waals surface area contributed by atoms with E-state index in [1.807, 2.05) is 22.9 Å². The average molecular weight is 437 g/mol. The minimum Gasteiger partial charge on any atom is -0.376 e. The maximum atomic E-state index is 13.2. The highest BCUT2D eigenvalue weighted by Gasteiger charge is 2.25. The van der Waals surface area contributed by atoms with Crippen molar-refractivity contribution >= 4 is 5.91 Å². The molecular weight excluding hydrogens is 407 g/mol. The Balaban J connectivity index is 1.40. The number of halogens is 1. The molecule has 1 aliphatic rings. The van der Waals surface area contributed by atoms with Crippen LogP contribution in [-0.2, 0) is 30.9 Å². The van der Waals surface area contributed by atoms with Crippen LogP contribution < -0.4 is 5.32 Å². The summed E-state index contributed by atoms with van der Waals surface area (Å²) in [5.41, 5.74) is 4.49. The Hall–Kier alpha value is -3.03. The number of fused-ring (bicyclic) bond motifs is 1. The minimum absolute atomic E-state index is 0.180. The van der Waals surface area contributed by atoms with Gasteiger partial charge in [0.2, 0.25) is 0 Å². The third-order valence-corrected chi connectivity index (χ3v) is 5.77. The van der Waals surface area contributed by atoms with Crippen molar-refractivity contribution in [3.05, 3.63) is 88.5 Å².